The Hall–Kier alpha value is -0.250. The van der Waals surface area contributed by atoms with Gasteiger partial charge in [-0.15, -0.1) is 0 Å². The van der Waals surface area contributed by atoms with Crippen LogP contribution < -0.4 is 5.32 Å². The van der Waals surface area contributed by atoms with E-state index in [2.05, 4.69) is 5.32 Å². The van der Waals surface area contributed by atoms with Gasteiger partial charge in [-0.3, -0.25) is 0 Å². The fourth-order valence-corrected chi connectivity index (χ4v) is 1.55. The van der Waals surface area contributed by atoms with Crippen LogP contribution in [0.25, 0.3) is 0 Å². The number of halogens is 3. The fraction of sp³-hybridized carbons (Fsp3) is 1.00. The van der Waals surface area contributed by atoms with E-state index in [0.29, 0.717) is 6.54 Å². The van der Waals surface area contributed by atoms with E-state index in [0.717, 1.165) is 13.0 Å². The zero-order valence-corrected chi connectivity index (χ0v) is 8.04. The van der Waals surface area contributed by atoms with Crippen LogP contribution in [0, 0.1) is 11.3 Å². The van der Waals surface area contributed by atoms with Crippen LogP contribution in [0.15, 0.2) is 0 Å². The molecule has 13 heavy (non-hydrogen) atoms. The van der Waals surface area contributed by atoms with Gasteiger partial charge in [-0.05, 0) is 31.8 Å². The summed E-state index contributed by atoms with van der Waals surface area (Å²) >= 11 is 0. The molecule has 0 amide bonds. The van der Waals surface area contributed by atoms with Gasteiger partial charge in [-0.1, -0.05) is 13.8 Å². The SMILES string of the molecule is CCCNCC1CC1(C)C(F)(F)F. The second-order valence-electron chi connectivity index (χ2n) is 4.02. The smallest absolute Gasteiger partial charge is 0.316 e. The van der Waals surface area contributed by atoms with Gasteiger partial charge in [0.15, 0.2) is 0 Å². The number of alkyl halides is 3. The van der Waals surface area contributed by atoms with Crippen LogP contribution >= 0.6 is 0 Å². The molecule has 1 nitrogen and oxygen atoms in total. The van der Waals surface area contributed by atoms with E-state index in [9.17, 15) is 13.2 Å². The van der Waals surface area contributed by atoms with E-state index in [-0.39, 0.29) is 12.3 Å². The highest BCUT2D eigenvalue weighted by Crippen LogP contribution is 2.61. The Morgan fingerprint density at radius 2 is 2.08 bits per heavy atom. The second kappa shape index (κ2) is 3.48. The maximum absolute atomic E-state index is 12.4. The van der Waals surface area contributed by atoms with E-state index in [1.807, 2.05) is 6.92 Å². The second-order valence-corrected chi connectivity index (χ2v) is 4.02. The maximum atomic E-state index is 12.4. The summed E-state index contributed by atoms with van der Waals surface area (Å²) in [5, 5.41) is 3.02. The molecule has 1 aliphatic rings. The summed E-state index contributed by atoms with van der Waals surface area (Å²) in [5.41, 5.74) is -1.41. The molecule has 78 valence electrons. The van der Waals surface area contributed by atoms with Gasteiger partial charge in [0.2, 0.25) is 0 Å². The van der Waals surface area contributed by atoms with Gasteiger partial charge in [0.05, 0.1) is 5.41 Å². The third-order valence-corrected chi connectivity index (χ3v) is 2.88. The van der Waals surface area contributed by atoms with Crippen LogP contribution in [-0.2, 0) is 0 Å². The topological polar surface area (TPSA) is 12.0 Å². The summed E-state index contributed by atoms with van der Waals surface area (Å²) in [6.07, 6.45) is -2.77. The lowest BCUT2D eigenvalue weighted by Gasteiger charge is -2.15. The van der Waals surface area contributed by atoms with Crippen molar-refractivity contribution in [3.8, 4) is 0 Å². The molecule has 1 fully saturated rings. The summed E-state index contributed by atoms with van der Waals surface area (Å²) in [4.78, 5) is 0. The van der Waals surface area contributed by atoms with E-state index < -0.39 is 11.6 Å². The normalized spacial score (nSPS) is 33.5. The summed E-state index contributed by atoms with van der Waals surface area (Å²) in [6, 6.07) is 0. The average Bonchev–Trinajstić information content (AvgIpc) is 2.63. The highest BCUT2D eigenvalue weighted by molar-refractivity contribution is 5.04. The quantitative estimate of drug-likeness (QED) is 0.680. The molecule has 0 spiro atoms. The minimum atomic E-state index is -4.02. The molecule has 0 aliphatic heterocycles. The average molecular weight is 195 g/mol. The summed E-state index contributed by atoms with van der Waals surface area (Å²) < 4.78 is 37.1. The first-order valence-electron chi connectivity index (χ1n) is 4.69. The summed E-state index contributed by atoms with van der Waals surface area (Å²) in [6.45, 7) is 4.63. The summed E-state index contributed by atoms with van der Waals surface area (Å²) in [5.74, 6) is -0.209. The van der Waals surface area contributed by atoms with Crippen molar-refractivity contribution >= 4 is 0 Å². The minimum Gasteiger partial charge on any atom is -0.316 e. The Morgan fingerprint density at radius 3 is 2.46 bits per heavy atom. The fourth-order valence-electron chi connectivity index (χ4n) is 1.55. The molecule has 2 unspecified atom stereocenters. The number of rotatable bonds is 4. The molecule has 0 saturated heterocycles. The Morgan fingerprint density at radius 1 is 1.46 bits per heavy atom. The molecule has 0 radical (unpaired) electrons. The van der Waals surface area contributed by atoms with Gasteiger partial charge in [-0.2, -0.15) is 13.2 Å². The van der Waals surface area contributed by atoms with Crippen LogP contribution in [-0.4, -0.2) is 19.3 Å². The van der Waals surface area contributed by atoms with Gasteiger partial charge >= 0.3 is 6.18 Å². The van der Waals surface area contributed by atoms with Gasteiger partial charge in [-0.25, -0.2) is 0 Å². The van der Waals surface area contributed by atoms with E-state index in [1.54, 1.807) is 0 Å². The minimum absolute atomic E-state index is 0.209. The van der Waals surface area contributed by atoms with Crippen molar-refractivity contribution in [2.75, 3.05) is 13.1 Å². The van der Waals surface area contributed by atoms with E-state index in [1.165, 1.54) is 6.92 Å². The molecular formula is C9H16F3N. The molecule has 1 rings (SSSR count). The number of nitrogens with one attached hydrogen (secondary N) is 1. The van der Waals surface area contributed by atoms with Crippen LogP contribution in [0.1, 0.15) is 26.7 Å². The van der Waals surface area contributed by atoms with Crippen molar-refractivity contribution in [3.63, 3.8) is 0 Å². The van der Waals surface area contributed by atoms with Crippen molar-refractivity contribution in [1.29, 1.82) is 0 Å². The van der Waals surface area contributed by atoms with E-state index >= 15 is 0 Å². The lowest BCUT2D eigenvalue weighted by Crippen LogP contribution is -2.27. The zero-order valence-electron chi connectivity index (χ0n) is 8.04. The molecule has 2 atom stereocenters. The first-order valence-corrected chi connectivity index (χ1v) is 4.69. The Balaban J connectivity index is 2.28. The molecule has 4 heteroatoms. The van der Waals surface area contributed by atoms with Crippen molar-refractivity contribution in [1.82, 2.24) is 5.32 Å². The highest BCUT2D eigenvalue weighted by Gasteiger charge is 2.66. The van der Waals surface area contributed by atoms with Crippen LogP contribution in [0.5, 0.6) is 0 Å². The number of hydrogen-bond acceptors (Lipinski definition) is 1. The molecule has 1 saturated carbocycles. The van der Waals surface area contributed by atoms with Crippen molar-refractivity contribution in [2.24, 2.45) is 11.3 Å². The van der Waals surface area contributed by atoms with Crippen LogP contribution in [0.4, 0.5) is 13.2 Å². The molecule has 0 bridgehead atoms. The highest BCUT2D eigenvalue weighted by atomic mass is 19.4. The molecule has 0 aromatic carbocycles. The molecule has 1 N–H and O–H groups in total. The lowest BCUT2D eigenvalue weighted by atomic mass is 10.1. The Labute approximate surface area is 76.7 Å². The Bertz CT molecular complexity index is 178. The predicted octanol–water partition coefficient (Wildman–Crippen LogP) is 2.57. The standard InChI is InChI=1S/C9H16F3N/c1-3-4-13-6-7-5-8(7,2)9(10,11)12/h7,13H,3-6H2,1-2H3. The van der Waals surface area contributed by atoms with Gasteiger partial charge in [0.25, 0.3) is 0 Å². The predicted molar refractivity (Wildman–Crippen MR) is 45.4 cm³/mol. The summed E-state index contributed by atoms with van der Waals surface area (Å²) in [7, 11) is 0. The molecule has 0 aromatic heterocycles. The largest absolute Gasteiger partial charge is 0.394 e. The third-order valence-electron chi connectivity index (χ3n) is 2.88. The van der Waals surface area contributed by atoms with Gasteiger partial charge < -0.3 is 5.32 Å². The first-order chi connectivity index (χ1) is 5.92. The Kier molecular flexibility index (Phi) is 2.90. The van der Waals surface area contributed by atoms with E-state index in [4.69, 9.17) is 0 Å². The monoisotopic (exact) mass is 195 g/mol. The lowest BCUT2D eigenvalue weighted by molar-refractivity contribution is -0.186. The first kappa shape index (κ1) is 10.8. The molecular weight excluding hydrogens is 179 g/mol. The maximum Gasteiger partial charge on any atom is 0.394 e. The zero-order chi connectivity index (χ0) is 10.1. The third kappa shape index (κ3) is 2.16. The van der Waals surface area contributed by atoms with Crippen molar-refractivity contribution in [2.45, 2.75) is 32.9 Å². The van der Waals surface area contributed by atoms with Gasteiger partial charge in [0, 0.05) is 0 Å². The van der Waals surface area contributed by atoms with Crippen LogP contribution in [0.2, 0.25) is 0 Å². The number of hydrogen-bond donors (Lipinski definition) is 1. The molecule has 0 heterocycles. The van der Waals surface area contributed by atoms with Crippen molar-refractivity contribution < 1.29 is 13.2 Å². The van der Waals surface area contributed by atoms with Crippen LogP contribution in [0.3, 0.4) is 0 Å². The van der Waals surface area contributed by atoms with Gasteiger partial charge in [0.1, 0.15) is 0 Å². The molecule has 1 aliphatic carbocycles. The van der Waals surface area contributed by atoms with Crippen molar-refractivity contribution in [3.05, 3.63) is 0 Å². The molecule has 0 aromatic rings.